The fraction of sp³-hybridized carbons (Fsp3) is 0.438. The molecule has 0 amide bonds. The van der Waals surface area contributed by atoms with Crippen molar-refractivity contribution in [1.29, 1.82) is 0 Å². The molecule has 0 aromatic heterocycles. The zero-order chi connectivity index (χ0) is 16.9. The lowest BCUT2D eigenvalue weighted by Crippen LogP contribution is -2.48. The van der Waals surface area contributed by atoms with Gasteiger partial charge in [-0.3, -0.25) is 4.99 Å². The standard InChI is InChI=1S/C16H20F3N3O/c1-20-15(21-11-14(23)16(17,18)19)22-9-7-13(8-10-22)12-5-3-2-4-6-12/h2-7,14,23H,8-11H2,1H3,(H,20,21). The minimum Gasteiger partial charge on any atom is -0.382 e. The lowest BCUT2D eigenvalue weighted by atomic mass is 10.00. The summed E-state index contributed by atoms with van der Waals surface area (Å²) in [5, 5.41) is 11.6. The topological polar surface area (TPSA) is 47.9 Å². The molecule has 0 saturated heterocycles. The second kappa shape index (κ2) is 7.50. The first-order valence-corrected chi connectivity index (χ1v) is 7.36. The van der Waals surface area contributed by atoms with E-state index < -0.39 is 18.8 Å². The Morgan fingerprint density at radius 1 is 1.35 bits per heavy atom. The van der Waals surface area contributed by atoms with Crippen molar-refractivity contribution in [3.8, 4) is 0 Å². The third-order valence-electron chi connectivity index (χ3n) is 3.70. The van der Waals surface area contributed by atoms with Crippen molar-refractivity contribution in [2.24, 2.45) is 4.99 Å². The zero-order valence-electron chi connectivity index (χ0n) is 12.8. The van der Waals surface area contributed by atoms with Crippen molar-refractivity contribution in [3.05, 3.63) is 42.0 Å². The van der Waals surface area contributed by atoms with Gasteiger partial charge in [-0.05, 0) is 17.6 Å². The van der Waals surface area contributed by atoms with E-state index in [9.17, 15) is 13.2 Å². The van der Waals surface area contributed by atoms with E-state index in [-0.39, 0.29) is 0 Å². The normalized spacial score (nSPS) is 17.7. The molecule has 1 aliphatic heterocycles. The summed E-state index contributed by atoms with van der Waals surface area (Å²) in [6.07, 6.45) is -4.20. The van der Waals surface area contributed by atoms with Crippen LogP contribution in [0.2, 0.25) is 0 Å². The number of hydrogen-bond acceptors (Lipinski definition) is 2. The number of benzene rings is 1. The summed E-state index contributed by atoms with van der Waals surface area (Å²) in [5.74, 6) is 0.358. The Labute approximate surface area is 133 Å². The molecule has 1 aromatic carbocycles. The van der Waals surface area contributed by atoms with E-state index in [1.165, 1.54) is 12.6 Å². The second-order valence-corrected chi connectivity index (χ2v) is 5.28. The number of guanidine groups is 1. The van der Waals surface area contributed by atoms with Gasteiger partial charge in [0.15, 0.2) is 12.1 Å². The monoisotopic (exact) mass is 327 g/mol. The third-order valence-corrected chi connectivity index (χ3v) is 3.70. The molecule has 1 heterocycles. The molecule has 0 bridgehead atoms. The minimum atomic E-state index is -4.63. The van der Waals surface area contributed by atoms with Gasteiger partial charge in [0.2, 0.25) is 0 Å². The van der Waals surface area contributed by atoms with Crippen molar-refractivity contribution in [3.63, 3.8) is 0 Å². The molecule has 1 unspecified atom stereocenters. The Morgan fingerprint density at radius 3 is 2.57 bits per heavy atom. The molecule has 126 valence electrons. The number of nitrogens with one attached hydrogen (secondary N) is 1. The van der Waals surface area contributed by atoms with E-state index in [0.717, 1.165) is 12.0 Å². The van der Waals surface area contributed by atoms with Gasteiger partial charge in [-0.15, -0.1) is 0 Å². The smallest absolute Gasteiger partial charge is 0.382 e. The molecule has 7 heteroatoms. The van der Waals surface area contributed by atoms with Crippen molar-refractivity contribution in [2.45, 2.75) is 18.7 Å². The second-order valence-electron chi connectivity index (χ2n) is 5.28. The van der Waals surface area contributed by atoms with Gasteiger partial charge in [-0.2, -0.15) is 13.2 Å². The fourth-order valence-corrected chi connectivity index (χ4v) is 2.41. The molecule has 0 aliphatic carbocycles. The third kappa shape index (κ3) is 4.72. The Kier molecular flexibility index (Phi) is 5.65. The molecule has 2 N–H and O–H groups in total. The summed E-state index contributed by atoms with van der Waals surface area (Å²) in [7, 11) is 1.51. The SMILES string of the molecule is CN=C(NCC(O)C(F)(F)F)N1CC=C(c2ccccc2)CC1. The summed E-state index contributed by atoms with van der Waals surface area (Å²) in [4.78, 5) is 5.84. The average molecular weight is 327 g/mol. The lowest BCUT2D eigenvalue weighted by molar-refractivity contribution is -0.201. The Morgan fingerprint density at radius 2 is 2.04 bits per heavy atom. The number of aliphatic hydroxyl groups excluding tert-OH is 1. The van der Waals surface area contributed by atoms with E-state index in [1.54, 1.807) is 0 Å². The Bertz CT molecular complexity index is 570. The highest BCUT2D eigenvalue weighted by molar-refractivity contribution is 5.81. The van der Waals surface area contributed by atoms with E-state index in [1.807, 2.05) is 41.3 Å². The minimum absolute atomic E-state index is 0.358. The van der Waals surface area contributed by atoms with Gasteiger partial charge in [0.1, 0.15) is 0 Å². The molecule has 23 heavy (non-hydrogen) atoms. The van der Waals surface area contributed by atoms with E-state index in [0.29, 0.717) is 19.0 Å². The molecule has 1 aliphatic rings. The summed E-state index contributed by atoms with van der Waals surface area (Å²) in [5.41, 5.74) is 2.37. The van der Waals surface area contributed by atoms with Crippen molar-refractivity contribution in [2.75, 3.05) is 26.7 Å². The zero-order valence-corrected chi connectivity index (χ0v) is 12.8. The summed E-state index contributed by atoms with van der Waals surface area (Å²) in [6, 6.07) is 9.97. The predicted octanol–water partition coefficient (Wildman–Crippen LogP) is 2.27. The molecule has 0 spiro atoms. The van der Waals surface area contributed by atoms with Crippen LogP contribution in [0.25, 0.3) is 5.57 Å². The highest BCUT2D eigenvalue weighted by Gasteiger charge is 2.38. The molecule has 2 rings (SSSR count). The molecule has 0 radical (unpaired) electrons. The first-order chi connectivity index (χ1) is 10.9. The van der Waals surface area contributed by atoms with Crippen molar-refractivity contribution in [1.82, 2.24) is 10.2 Å². The maximum Gasteiger partial charge on any atom is 0.416 e. The van der Waals surface area contributed by atoms with Crippen LogP contribution in [-0.2, 0) is 0 Å². The largest absolute Gasteiger partial charge is 0.416 e. The quantitative estimate of drug-likeness (QED) is 0.661. The van der Waals surface area contributed by atoms with Crippen LogP contribution in [0.3, 0.4) is 0 Å². The lowest BCUT2D eigenvalue weighted by Gasteiger charge is -2.30. The fourth-order valence-electron chi connectivity index (χ4n) is 2.41. The number of aliphatic imine (C=N–C) groups is 1. The number of aliphatic hydroxyl groups is 1. The predicted molar refractivity (Wildman–Crippen MR) is 84.0 cm³/mol. The molecule has 0 saturated carbocycles. The average Bonchev–Trinajstić information content (AvgIpc) is 2.55. The van der Waals surface area contributed by atoms with Crippen LogP contribution in [0.15, 0.2) is 41.4 Å². The number of halogens is 3. The van der Waals surface area contributed by atoms with Crippen LogP contribution in [-0.4, -0.2) is 54.9 Å². The van der Waals surface area contributed by atoms with Crippen molar-refractivity contribution >= 4 is 11.5 Å². The van der Waals surface area contributed by atoms with E-state index in [2.05, 4.69) is 10.3 Å². The van der Waals surface area contributed by atoms with Crippen LogP contribution in [0.5, 0.6) is 0 Å². The van der Waals surface area contributed by atoms with Crippen LogP contribution in [0.1, 0.15) is 12.0 Å². The summed E-state index contributed by atoms with van der Waals surface area (Å²) in [6.45, 7) is 0.608. The molecule has 1 aromatic rings. The van der Waals surface area contributed by atoms with E-state index >= 15 is 0 Å². The maximum atomic E-state index is 12.3. The molecule has 4 nitrogen and oxygen atoms in total. The van der Waals surface area contributed by atoms with Gasteiger partial charge in [-0.1, -0.05) is 36.4 Å². The van der Waals surface area contributed by atoms with Crippen LogP contribution in [0, 0.1) is 0 Å². The summed E-state index contributed by atoms with van der Waals surface area (Å²) < 4.78 is 37.0. The molecular formula is C16H20F3N3O. The molecule has 0 fully saturated rings. The Hall–Kier alpha value is -2.02. The van der Waals surface area contributed by atoms with Gasteiger partial charge < -0.3 is 15.3 Å². The maximum absolute atomic E-state index is 12.3. The highest BCUT2D eigenvalue weighted by atomic mass is 19.4. The Balaban J connectivity index is 1.93. The first kappa shape index (κ1) is 17.3. The van der Waals surface area contributed by atoms with Crippen molar-refractivity contribution < 1.29 is 18.3 Å². The highest BCUT2D eigenvalue weighted by Crippen LogP contribution is 2.22. The number of hydrogen-bond donors (Lipinski definition) is 2. The number of nitrogens with zero attached hydrogens (tertiary/aromatic N) is 2. The molecular weight excluding hydrogens is 307 g/mol. The number of alkyl halides is 3. The number of rotatable bonds is 3. The van der Waals surface area contributed by atoms with Crippen LogP contribution >= 0.6 is 0 Å². The van der Waals surface area contributed by atoms with Crippen LogP contribution in [0.4, 0.5) is 13.2 Å². The van der Waals surface area contributed by atoms with E-state index in [4.69, 9.17) is 5.11 Å². The van der Waals surface area contributed by atoms with Gasteiger partial charge in [0, 0.05) is 20.1 Å². The van der Waals surface area contributed by atoms with Gasteiger partial charge in [0.05, 0.1) is 6.54 Å². The van der Waals surface area contributed by atoms with Gasteiger partial charge in [0.25, 0.3) is 0 Å². The first-order valence-electron chi connectivity index (χ1n) is 7.36. The summed E-state index contributed by atoms with van der Waals surface area (Å²) >= 11 is 0. The van der Waals surface area contributed by atoms with Gasteiger partial charge in [-0.25, -0.2) is 0 Å². The van der Waals surface area contributed by atoms with Crippen LogP contribution < -0.4 is 5.32 Å². The van der Waals surface area contributed by atoms with Gasteiger partial charge >= 0.3 is 6.18 Å². The molecule has 1 atom stereocenters.